The summed E-state index contributed by atoms with van der Waals surface area (Å²) >= 11 is 0. The zero-order valence-corrected chi connectivity index (χ0v) is 10.3. The Morgan fingerprint density at radius 3 is 2.20 bits per heavy atom. The van der Waals surface area contributed by atoms with Gasteiger partial charge in [-0.2, -0.15) is 0 Å². The maximum atomic E-state index is 3.56. The highest BCUT2D eigenvalue weighted by Crippen LogP contribution is 2.21. The second-order valence-electron chi connectivity index (χ2n) is 4.54. The van der Waals surface area contributed by atoms with E-state index in [2.05, 4.69) is 57.3 Å². The number of hydrogen-bond acceptors (Lipinski definition) is 1. The van der Waals surface area contributed by atoms with Crippen LogP contribution in [0.25, 0.3) is 0 Å². The van der Waals surface area contributed by atoms with E-state index < -0.39 is 0 Å². The summed E-state index contributed by atoms with van der Waals surface area (Å²) < 4.78 is 0. The van der Waals surface area contributed by atoms with Gasteiger partial charge in [-0.05, 0) is 30.9 Å². The molecule has 0 aliphatic heterocycles. The summed E-state index contributed by atoms with van der Waals surface area (Å²) in [6.45, 7) is 9.18. The molecule has 1 aromatic rings. The Morgan fingerprint density at radius 2 is 1.67 bits per heavy atom. The average molecular weight is 205 g/mol. The highest BCUT2D eigenvalue weighted by atomic mass is 14.9. The van der Waals surface area contributed by atoms with Crippen molar-refractivity contribution < 1.29 is 0 Å². The largest absolute Gasteiger partial charge is 0.382 e. The lowest BCUT2D eigenvalue weighted by Crippen LogP contribution is -2.28. The molecule has 0 saturated carbocycles. The molecule has 0 saturated heterocycles. The fourth-order valence-electron chi connectivity index (χ4n) is 1.79. The molecule has 1 N–H and O–H groups in total. The van der Waals surface area contributed by atoms with Gasteiger partial charge in [0.1, 0.15) is 0 Å². The van der Waals surface area contributed by atoms with E-state index in [1.807, 2.05) is 6.07 Å². The van der Waals surface area contributed by atoms with Gasteiger partial charge in [-0.25, -0.2) is 0 Å². The highest BCUT2D eigenvalue weighted by molar-refractivity contribution is 5.43. The fourth-order valence-corrected chi connectivity index (χ4v) is 1.79. The van der Waals surface area contributed by atoms with Crippen LogP contribution in [0.2, 0.25) is 0 Å². The molecule has 0 aromatic heterocycles. The van der Waals surface area contributed by atoms with Gasteiger partial charge in [0.05, 0.1) is 0 Å². The van der Waals surface area contributed by atoms with Crippen molar-refractivity contribution >= 4 is 5.69 Å². The number of nitrogens with one attached hydrogen (secondary N) is 1. The molecule has 1 heteroatoms. The molecular formula is C14H23N. The summed E-state index contributed by atoms with van der Waals surface area (Å²) in [5, 5.41) is 3.56. The van der Waals surface area contributed by atoms with Gasteiger partial charge >= 0.3 is 0 Å². The molecule has 15 heavy (non-hydrogen) atoms. The topological polar surface area (TPSA) is 12.0 Å². The van der Waals surface area contributed by atoms with Crippen molar-refractivity contribution in [1.29, 1.82) is 0 Å². The van der Waals surface area contributed by atoms with Gasteiger partial charge in [0.25, 0.3) is 0 Å². The van der Waals surface area contributed by atoms with Crippen LogP contribution < -0.4 is 5.32 Å². The number of rotatable bonds is 5. The lowest BCUT2D eigenvalue weighted by Gasteiger charge is -2.27. The summed E-state index contributed by atoms with van der Waals surface area (Å²) in [5.74, 6) is 1.48. The van der Waals surface area contributed by atoms with Crippen molar-refractivity contribution in [2.45, 2.75) is 40.2 Å². The fraction of sp³-hybridized carbons (Fsp3) is 0.571. The minimum Gasteiger partial charge on any atom is -0.382 e. The monoisotopic (exact) mass is 205 g/mol. The predicted octanol–water partition coefficient (Wildman–Crippen LogP) is 4.17. The van der Waals surface area contributed by atoms with Crippen molar-refractivity contribution in [2.75, 3.05) is 5.32 Å². The summed E-state index contributed by atoms with van der Waals surface area (Å²) in [7, 11) is 0. The molecule has 2 unspecified atom stereocenters. The Bertz CT molecular complexity index is 268. The molecule has 1 nitrogen and oxygen atoms in total. The Hall–Kier alpha value is -0.980. The number of anilines is 1. The van der Waals surface area contributed by atoms with Gasteiger partial charge < -0.3 is 5.32 Å². The molecule has 0 amide bonds. The van der Waals surface area contributed by atoms with Crippen LogP contribution in [0, 0.1) is 11.8 Å². The van der Waals surface area contributed by atoms with Gasteiger partial charge in [0.15, 0.2) is 0 Å². The second kappa shape index (κ2) is 5.79. The lowest BCUT2D eigenvalue weighted by molar-refractivity contribution is 0.343. The van der Waals surface area contributed by atoms with E-state index in [0.717, 1.165) is 5.92 Å². The van der Waals surface area contributed by atoms with E-state index in [0.29, 0.717) is 12.0 Å². The third-order valence-corrected chi connectivity index (χ3v) is 3.50. The minimum atomic E-state index is 0.530. The quantitative estimate of drug-likeness (QED) is 0.760. The summed E-state index contributed by atoms with van der Waals surface area (Å²) in [5.41, 5.74) is 1.22. The van der Waals surface area contributed by atoms with Crippen LogP contribution in [0.4, 0.5) is 5.69 Å². The third-order valence-electron chi connectivity index (χ3n) is 3.50. The first-order chi connectivity index (χ1) is 7.15. The van der Waals surface area contributed by atoms with Crippen molar-refractivity contribution in [3.8, 4) is 0 Å². The normalized spacial score (nSPS) is 16.8. The third kappa shape index (κ3) is 3.58. The number of para-hydroxylation sites is 1. The molecule has 1 aromatic carbocycles. The molecular weight excluding hydrogens is 182 g/mol. The van der Waals surface area contributed by atoms with Crippen LogP contribution in [0.5, 0.6) is 0 Å². The first kappa shape index (κ1) is 12.1. The first-order valence-electron chi connectivity index (χ1n) is 5.96. The molecule has 0 spiro atoms. The molecule has 0 bridgehead atoms. The van der Waals surface area contributed by atoms with E-state index in [1.54, 1.807) is 0 Å². The smallest absolute Gasteiger partial charge is 0.0342 e. The van der Waals surface area contributed by atoms with Crippen LogP contribution in [0.3, 0.4) is 0 Å². The average Bonchev–Trinajstić information content (AvgIpc) is 2.28. The molecule has 84 valence electrons. The molecule has 0 fully saturated rings. The molecule has 0 radical (unpaired) electrons. The zero-order valence-electron chi connectivity index (χ0n) is 10.3. The Kier molecular flexibility index (Phi) is 4.67. The van der Waals surface area contributed by atoms with E-state index in [4.69, 9.17) is 0 Å². The van der Waals surface area contributed by atoms with Gasteiger partial charge in [-0.3, -0.25) is 0 Å². The lowest BCUT2D eigenvalue weighted by atomic mass is 9.88. The van der Waals surface area contributed by atoms with Crippen LogP contribution in [-0.2, 0) is 0 Å². The number of benzene rings is 1. The molecule has 0 aliphatic carbocycles. The second-order valence-corrected chi connectivity index (χ2v) is 4.54. The number of hydrogen-bond donors (Lipinski definition) is 1. The van der Waals surface area contributed by atoms with Gasteiger partial charge in [-0.15, -0.1) is 0 Å². The van der Waals surface area contributed by atoms with E-state index in [1.165, 1.54) is 12.1 Å². The van der Waals surface area contributed by atoms with E-state index in [-0.39, 0.29) is 0 Å². The Morgan fingerprint density at radius 1 is 1.07 bits per heavy atom. The predicted molar refractivity (Wildman–Crippen MR) is 68.1 cm³/mol. The summed E-state index contributed by atoms with van der Waals surface area (Å²) in [4.78, 5) is 0. The van der Waals surface area contributed by atoms with Gasteiger partial charge in [0.2, 0.25) is 0 Å². The van der Waals surface area contributed by atoms with Crippen LogP contribution in [0.15, 0.2) is 30.3 Å². The zero-order chi connectivity index (χ0) is 11.3. The SMILES string of the molecule is CC[C@H](C)C(C)C(C)Nc1ccccc1. The minimum absolute atomic E-state index is 0.530. The van der Waals surface area contributed by atoms with Gasteiger partial charge in [0, 0.05) is 11.7 Å². The molecule has 0 heterocycles. The molecule has 3 atom stereocenters. The molecule has 0 aliphatic rings. The molecule has 1 rings (SSSR count). The van der Waals surface area contributed by atoms with Crippen molar-refractivity contribution in [3.63, 3.8) is 0 Å². The Labute approximate surface area is 93.9 Å². The van der Waals surface area contributed by atoms with Crippen LogP contribution >= 0.6 is 0 Å². The van der Waals surface area contributed by atoms with Crippen molar-refractivity contribution in [1.82, 2.24) is 0 Å². The highest BCUT2D eigenvalue weighted by Gasteiger charge is 2.17. The Balaban J connectivity index is 2.52. The van der Waals surface area contributed by atoms with Crippen molar-refractivity contribution in [3.05, 3.63) is 30.3 Å². The maximum absolute atomic E-state index is 3.56. The van der Waals surface area contributed by atoms with Crippen LogP contribution in [-0.4, -0.2) is 6.04 Å². The van der Waals surface area contributed by atoms with E-state index in [9.17, 15) is 0 Å². The summed E-state index contributed by atoms with van der Waals surface area (Å²) in [6.07, 6.45) is 1.25. The maximum Gasteiger partial charge on any atom is 0.0342 e. The van der Waals surface area contributed by atoms with Gasteiger partial charge in [-0.1, -0.05) is 45.4 Å². The summed E-state index contributed by atoms with van der Waals surface area (Å²) in [6, 6.07) is 11.0. The van der Waals surface area contributed by atoms with Crippen molar-refractivity contribution in [2.24, 2.45) is 11.8 Å². The first-order valence-corrected chi connectivity index (χ1v) is 5.96. The van der Waals surface area contributed by atoms with Crippen LogP contribution in [0.1, 0.15) is 34.1 Å². The standard InChI is InChI=1S/C14H23N/c1-5-11(2)12(3)13(4)15-14-9-7-6-8-10-14/h6-13,15H,5H2,1-4H3/t11-,12?,13?/m0/s1. The van der Waals surface area contributed by atoms with E-state index >= 15 is 0 Å².